The van der Waals surface area contributed by atoms with Gasteiger partial charge in [-0.15, -0.1) is 0 Å². The Hall–Kier alpha value is -3.51. The molecule has 0 amide bonds. The van der Waals surface area contributed by atoms with Gasteiger partial charge in [-0.25, -0.2) is 4.98 Å². The fourth-order valence-electron chi connectivity index (χ4n) is 2.48. The highest BCUT2D eigenvalue weighted by Crippen LogP contribution is 2.26. The van der Waals surface area contributed by atoms with E-state index in [-0.39, 0.29) is 5.75 Å². The molecule has 0 atom stereocenters. The molecule has 1 N–H and O–H groups in total. The summed E-state index contributed by atoms with van der Waals surface area (Å²) in [5.41, 5.74) is 3.78. The molecule has 0 unspecified atom stereocenters. The smallest absolute Gasteiger partial charge is 0.228 e. The Morgan fingerprint density at radius 3 is 2.25 bits per heavy atom. The summed E-state index contributed by atoms with van der Waals surface area (Å²) in [4.78, 5) is 4.53. The highest BCUT2D eigenvalue weighted by molar-refractivity contribution is 5.77. The minimum atomic E-state index is 0.171. The monoisotopic (exact) mass is 311 g/mol. The lowest BCUT2D eigenvalue weighted by molar-refractivity contribution is 0.473. The Balaban J connectivity index is 1.80. The molecular formula is C21H13NO2. The Morgan fingerprint density at radius 2 is 1.42 bits per heavy atom. The number of fused-ring (bicyclic) bond motifs is 1. The standard InChI is InChI=1S/C21H13NO2/c23-19-11-5-2-8-16(19)14-13-15-7-1-3-9-17(15)21-22-18-10-4-6-12-20(18)24-21/h1-12,23H. The van der Waals surface area contributed by atoms with Crippen LogP contribution in [0.25, 0.3) is 22.6 Å². The summed E-state index contributed by atoms with van der Waals surface area (Å²) in [6.07, 6.45) is 0. The van der Waals surface area contributed by atoms with Crippen molar-refractivity contribution in [3.8, 4) is 29.0 Å². The van der Waals surface area contributed by atoms with Crippen LogP contribution in [-0.4, -0.2) is 10.1 Å². The second-order valence-corrected chi connectivity index (χ2v) is 5.30. The van der Waals surface area contributed by atoms with Crippen LogP contribution in [0, 0.1) is 11.8 Å². The SMILES string of the molecule is Oc1ccccc1C#Cc1ccccc1-c1nc2ccccc2o1. The van der Waals surface area contributed by atoms with E-state index >= 15 is 0 Å². The van der Waals surface area contributed by atoms with E-state index in [2.05, 4.69) is 16.8 Å². The topological polar surface area (TPSA) is 46.3 Å². The predicted molar refractivity (Wildman–Crippen MR) is 93.5 cm³/mol. The van der Waals surface area contributed by atoms with Crippen LogP contribution in [0.2, 0.25) is 0 Å². The number of aromatic hydroxyl groups is 1. The van der Waals surface area contributed by atoms with Crippen molar-refractivity contribution >= 4 is 11.1 Å². The third kappa shape index (κ3) is 2.62. The third-order valence-corrected chi connectivity index (χ3v) is 3.69. The van der Waals surface area contributed by atoms with Gasteiger partial charge in [0.15, 0.2) is 5.58 Å². The molecule has 0 radical (unpaired) electrons. The van der Waals surface area contributed by atoms with Gasteiger partial charge in [-0.3, -0.25) is 0 Å². The molecule has 0 aliphatic heterocycles. The van der Waals surface area contributed by atoms with E-state index in [9.17, 15) is 5.11 Å². The van der Waals surface area contributed by atoms with Gasteiger partial charge in [-0.2, -0.15) is 0 Å². The minimum absolute atomic E-state index is 0.171. The molecule has 24 heavy (non-hydrogen) atoms. The van der Waals surface area contributed by atoms with Crippen molar-refractivity contribution in [3.63, 3.8) is 0 Å². The van der Waals surface area contributed by atoms with Crippen LogP contribution < -0.4 is 0 Å². The Labute approximate surface area is 139 Å². The number of phenols is 1. The highest BCUT2D eigenvalue weighted by atomic mass is 16.3. The fraction of sp³-hybridized carbons (Fsp3) is 0. The van der Waals surface area contributed by atoms with E-state index < -0.39 is 0 Å². The van der Waals surface area contributed by atoms with E-state index in [1.54, 1.807) is 18.2 Å². The van der Waals surface area contributed by atoms with Crippen molar-refractivity contribution < 1.29 is 9.52 Å². The second-order valence-electron chi connectivity index (χ2n) is 5.30. The minimum Gasteiger partial charge on any atom is -0.507 e. The van der Waals surface area contributed by atoms with Crippen LogP contribution >= 0.6 is 0 Å². The lowest BCUT2D eigenvalue weighted by Crippen LogP contribution is -1.84. The van der Waals surface area contributed by atoms with E-state index in [1.807, 2.05) is 54.6 Å². The molecule has 1 heterocycles. The Kier molecular flexibility index (Phi) is 3.49. The van der Waals surface area contributed by atoms with Crippen LogP contribution in [0.1, 0.15) is 11.1 Å². The predicted octanol–water partition coefficient (Wildman–Crippen LogP) is 4.60. The van der Waals surface area contributed by atoms with E-state index in [1.165, 1.54) is 0 Å². The van der Waals surface area contributed by atoms with Crippen LogP contribution in [0.3, 0.4) is 0 Å². The molecule has 0 saturated carbocycles. The molecule has 1 aromatic heterocycles. The molecule has 4 aromatic rings. The van der Waals surface area contributed by atoms with Gasteiger partial charge in [0.05, 0.1) is 11.1 Å². The molecule has 0 saturated heterocycles. The van der Waals surface area contributed by atoms with Gasteiger partial charge in [0.1, 0.15) is 11.3 Å². The number of oxazole rings is 1. The zero-order valence-electron chi connectivity index (χ0n) is 12.7. The molecule has 0 spiro atoms. The fourth-order valence-corrected chi connectivity index (χ4v) is 2.48. The van der Waals surface area contributed by atoms with Gasteiger partial charge < -0.3 is 9.52 Å². The highest BCUT2D eigenvalue weighted by Gasteiger charge is 2.10. The van der Waals surface area contributed by atoms with Gasteiger partial charge in [0.25, 0.3) is 0 Å². The number of para-hydroxylation sites is 3. The van der Waals surface area contributed by atoms with Gasteiger partial charge in [0, 0.05) is 5.56 Å². The first-order valence-corrected chi connectivity index (χ1v) is 7.56. The zero-order valence-corrected chi connectivity index (χ0v) is 12.7. The van der Waals surface area contributed by atoms with Gasteiger partial charge in [0.2, 0.25) is 5.89 Å². The van der Waals surface area contributed by atoms with Gasteiger partial charge >= 0.3 is 0 Å². The average Bonchev–Trinajstić information content (AvgIpc) is 3.05. The maximum Gasteiger partial charge on any atom is 0.228 e. The van der Waals surface area contributed by atoms with E-state index in [0.29, 0.717) is 11.5 Å². The van der Waals surface area contributed by atoms with Gasteiger partial charge in [-0.1, -0.05) is 48.2 Å². The largest absolute Gasteiger partial charge is 0.507 e. The summed E-state index contributed by atoms with van der Waals surface area (Å²) in [6, 6.07) is 22.4. The number of nitrogens with zero attached hydrogens (tertiary/aromatic N) is 1. The first kappa shape index (κ1) is 14.1. The number of hydrogen-bond donors (Lipinski definition) is 1. The molecule has 0 bridgehead atoms. The van der Waals surface area contributed by atoms with Crippen LogP contribution in [0.5, 0.6) is 5.75 Å². The number of rotatable bonds is 1. The van der Waals surface area contributed by atoms with Crippen molar-refractivity contribution in [2.75, 3.05) is 0 Å². The summed E-state index contributed by atoms with van der Waals surface area (Å²) in [6.45, 7) is 0. The molecule has 4 rings (SSSR count). The van der Waals surface area contributed by atoms with Crippen molar-refractivity contribution in [2.45, 2.75) is 0 Å². The molecule has 114 valence electrons. The zero-order chi connectivity index (χ0) is 16.4. The molecule has 0 fully saturated rings. The van der Waals surface area contributed by atoms with Crippen LogP contribution in [0.15, 0.2) is 77.2 Å². The van der Waals surface area contributed by atoms with Crippen LogP contribution in [0.4, 0.5) is 0 Å². The summed E-state index contributed by atoms with van der Waals surface area (Å²) < 4.78 is 5.84. The molecule has 0 aliphatic carbocycles. The van der Waals surface area contributed by atoms with E-state index in [4.69, 9.17) is 4.42 Å². The summed E-state index contributed by atoms with van der Waals surface area (Å²) >= 11 is 0. The number of aromatic nitrogens is 1. The summed E-state index contributed by atoms with van der Waals surface area (Å²) in [5, 5.41) is 9.84. The number of hydrogen-bond acceptors (Lipinski definition) is 3. The van der Waals surface area contributed by atoms with Crippen molar-refractivity contribution in [1.82, 2.24) is 4.98 Å². The maximum absolute atomic E-state index is 9.84. The molecule has 3 nitrogen and oxygen atoms in total. The van der Waals surface area contributed by atoms with Gasteiger partial charge in [-0.05, 0) is 36.4 Å². The molecule has 3 aromatic carbocycles. The second kappa shape index (κ2) is 5.94. The summed E-state index contributed by atoms with van der Waals surface area (Å²) in [7, 11) is 0. The third-order valence-electron chi connectivity index (χ3n) is 3.69. The molecular weight excluding hydrogens is 298 g/mol. The Bertz CT molecular complexity index is 1050. The van der Waals surface area contributed by atoms with Crippen LogP contribution in [-0.2, 0) is 0 Å². The number of benzene rings is 3. The maximum atomic E-state index is 9.84. The normalized spacial score (nSPS) is 10.3. The number of phenolic OH excluding ortho intramolecular Hbond substituents is 1. The lowest BCUT2D eigenvalue weighted by Gasteiger charge is -1.99. The first-order valence-electron chi connectivity index (χ1n) is 7.56. The van der Waals surface area contributed by atoms with Crippen molar-refractivity contribution in [3.05, 3.63) is 83.9 Å². The lowest BCUT2D eigenvalue weighted by atomic mass is 10.1. The Morgan fingerprint density at radius 1 is 0.750 bits per heavy atom. The van der Waals surface area contributed by atoms with E-state index in [0.717, 1.165) is 22.2 Å². The quantitative estimate of drug-likeness (QED) is 0.523. The molecule has 0 aliphatic rings. The average molecular weight is 311 g/mol. The summed E-state index contributed by atoms with van der Waals surface area (Å²) in [5.74, 6) is 6.82. The first-order chi connectivity index (χ1) is 11.8. The molecule has 3 heteroatoms. The van der Waals surface area contributed by atoms with Crippen molar-refractivity contribution in [2.24, 2.45) is 0 Å². The van der Waals surface area contributed by atoms with Crippen molar-refractivity contribution in [1.29, 1.82) is 0 Å².